The lowest BCUT2D eigenvalue weighted by Gasteiger charge is -2.06. The number of primary amides is 1. The predicted octanol–water partition coefficient (Wildman–Crippen LogP) is 1.71. The van der Waals surface area contributed by atoms with Gasteiger partial charge in [-0.25, -0.2) is 4.79 Å². The molecule has 4 N–H and O–H groups in total. The van der Waals surface area contributed by atoms with E-state index in [1.807, 2.05) is 0 Å². The lowest BCUT2D eigenvalue weighted by molar-refractivity contribution is 0.0949. The summed E-state index contributed by atoms with van der Waals surface area (Å²) in [7, 11) is 0. The van der Waals surface area contributed by atoms with Gasteiger partial charge in [-0.2, -0.15) is 0 Å². The fourth-order valence-electron chi connectivity index (χ4n) is 1.93. The number of anilines is 1. The minimum atomic E-state index is -0.616. The van der Waals surface area contributed by atoms with Crippen LogP contribution in [-0.4, -0.2) is 17.1 Å². The molecule has 7 nitrogen and oxygen atoms in total. The Hall–Kier alpha value is -2.83. The van der Waals surface area contributed by atoms with Gasteiger partial charge < -0.3 is 20.9 Å². The fraction of sp³-hybridized carbons (Fsp3) is 0.214. The number of amides is 3. The molecule has 0 spiro atoms. The summed E-state index contributed by atoms with van der Waals surface area (Å²) in [4.78, 5) is 22.8. The number of hydrogen-bond acceptors (Lipinski definition) is 4. The van der Waals surface area contributed by atoms with Crippen LogP contribution in [-0.2, 0) is 6.54 Å². The van der Waals surface area contributed by atoms with Gasteiger partial charge in [-0.15, -0.1) is 0 Å². The van der Waals surface area contributed by atoms with Gasteiger partial charge in [0.15, 0.2) is 0 Å². The zero-order chi connectivity index (χ0) is 15.4. The van der Waals surface area contributed by atoms with E-state index in [1.54, 1.807) is 38.1 Å². The highest BCUT2D eigenvalue weighted by Gasteiger charge is 2.16. The average molecular weight is 288 g/mol. The Bertz CT molecular complexity index is 642. The monoisotopic (exact) mass is 288 g/mol. The van der Waals surface area contributed by atoms with Crippen molar-refractivity contribution in [1.82, 2.24) is 10.5 Å². The molecule has 0 atom stereocenters. The quantitative estimate of drug-likeness (QED) is 0.795. The van der Waals surface area contributed by atoms with Gasteiger partial charge in [0.1, 0.15) is 11.3 Å². The highest BCUT2D eigenvalue weighted by Crippen LogP contribution is 2.13. The van der Waals surface area contributed by atoms with Crippen LogP contribution in [0, 0.1) is 13.8 Å². The van der Waals surface area contributed by atoms with Gasteiger partial charge in [0, 0.05) is 12.2 Å². The number of aryl methyl sites for hydroxylation is 2. The fourth-order valence-corrected chi connectivity index (χ4v) is 1.93. The van der Waals surface area contributed by atoms with Gasteiger partial charge in [-0.05, 0) is 31.5 Å². The second-order valence-electron chi connectivity index (χ2n) is 4.57. The molecule has 2 rings (SSSR count). The summed E-state index contributed by atoms with van der Waals surface area (Å²) in [6, 6.07) is 6.39. The minimum absolute atomic E-state index is 0.231. The van der Waals surface area contributed by atoms with Crippen molar-refractivity contribution in [3.63, 3.8) is 0 Å². The van der Waals surface area contributed by atoms with Crippen molar-refractivity contribution >= 4 is 17.6 Å². The second kappa shape index (κ2) is 6.08. The van der Waals surface area contributed by atoms with Gasteiger partial charge in [0.25, 0.3) is 5.91 Å². The molecular formula is C14H16N4O3. The molecule has 0 aliphatic carbocycles. The molecule has 21 heavy (non-hydrogen) atoms. The Kier molecular flexibility index (Phi) is 4.22. The number of nitrogens with zero attached hydrogens (tertiary/aromatic N) is 1. The number of benzene rings is 1. The molecule has 2 aromatic rings. The van der Waals surface area contributed by atoms with Crippen LogP contribution in [0.5, 0.6) is 0 Å². The predicted molar refractivity (Wildman–Crippen MR) is 76.8 cm³/mol. The molecule has 0 bridgehead atoms. The smallest absolute Gasteiger partial charge is 0.316 e. The summed E-state index contributed by atoms with van der Waals surface area (Å²) >= 11 is 0. The molecule has 0 saturated heterocycles. The SMILES string of the molecule is Cc1noc(C)c1C(=O)NCc1ccc(NC(N)=O)cc1. The highest BCUT2D eigenvalue weighted by molar-refractivity contribution is 5.96. The third kappa shape index (κ3) is 3.59. The first-order chi connectivity index (χ1) is 9.97. The Morgan fingerprint density at radius 2 is 1.90 bits per heavy atom. The number of nitrogens with two attached hydrogens (primary N) is 1. The number of hydrogen-bond donors (Lipinski definition) is 3. The summed E-state index contributed by atoms with van der Waals surface area (Å²) in [6.45, 7) is 3.77. The molecular weight excluding hydrogens is 272 g/mol. The summed E-state index contributed by atoms with van der Waals surface area (Å²) in [5.41, 5.74) is 7.54. The van der Waals surface area contributed by atoms with Crippen LogP contribution in [0.25, 0.3) is 0 Å². The molecule has 1 heterocycles. The molecule has 1 aromatic carbocycles. The summed E-state index contributed by atoms with van der Waals surface area (Å²) in [5.74, 6) is 0.261. The van der Waals surface area contributed by atoms with Crippen molar-refractivity contribution in [3.8, 4) is 0 Å². The Balaban J connectivity index is 1.97. The number of urea groups is 1. The van der Waals surface area contributed by atoms with Crippen molar-refractivity contribution in [2.45, 2.75) is 20.4 Å². The van der Waals surface area contributed by atoms with E-state index in [4.69, 9.17) is 10.3 Å². The molecule has 1 aromatic heterocycles. The van der Waals surface area contributed by atoms with E-state index < -0.39 is 6.03 Å². The Labute approximate surface area is 121 Å². The molecule has 0 saturated carbocycles. The maximum atomic E-state index is 12.0. The molecule has 0 fully saturated rings. The van der Waals surface area contributed by atoms with Gasteiger partial charge in [0.05, 0.1) is 5.69 Å². The van der Waals surface area contributed by atoms with E-state index in [1.165, 1.54) is 0 Å². The second-order valence-corrected chi connectivity index (χ2v) is 4.57. The first kappa shape index (κ1) is 14.6. The van der Waals surface area contributed by atoms with Crippen molar-refractivity contribution < 1.29 is 14.1 Å². The van der Waals surface area contributed by atoms with E-state index in [-0.39, 0.29) is 5.91 Å². The largest absolute Gasteiger partial charge is 0.361 e. The molecule has 0 aliphatic rings. The molecule has 0 unspecified atom stereocenters. The van der Waals surface area contributed by atoms with Crippen molar-refractivity contribution in [3.05, 3.63) is 46.8 Å². The zero-order valence-corrected chi connectivity index (χ0v) is 11.8. The first-order valence-electron chi connectivity index (χ1n) is 6.34. The van der Waals surface area contributed by atoms with E-state index in [0.29, 0.717) is 29.2 Å². The standard InChI is InChI=1S/C14H16N4O3/c1-8-12(9(2)21-18-8)13(19)16-7-10-3-5-11(6-4-10)17-14(15)20/h3-6H,7H2,1-2H3,(H,16,19)(H3,15,17,20). The van der Waals surface area contributed by atoms with Gasteiger partial charge in [-0.1, -0.05) is 17.3 Å². The Morgan fingerprint density at radius 1 is 1.24 bits per heavy atom. The zero-order valence-electron chi connectivity index (χ0n) is 11.8. The van der Waals surface area contributed by atoms with Crippen LogP contribution in [0.15, 0.2) is 28.8 Å². The van der Waals surface area contributed by atoms with Gasteiger partial charge in [0.2, 0.25) is 0 Å². The van der Waals surface area contributed by atoms with Crippen LogP contribution in [0.2, 0.25) is 0 Å². The molecule has 110 valence electrons. The van der Waals surface area contributed by atoms with Crippen molar-refractivity contribution in [2.75, 3.05) is 5.32 Å². The number of carbonyl (C=O) groups excluding carboxylic acids is 2. The maximum absolute atomic E-state index is 12.0. The summed E-state index contributed by atoms with van der Waals surface area (Å²) in [6.07, 6.45) is 0. The highest BCUT2D eigenvalue weighted by atomic mass is 16.5. The van der Waals surface area contributed by atoms with Crippen LogP contribution in [0.4, 0.5) is 10.5 Å². The number of carbonyl (C=O) groups is 2. The van der Waals surface area contributed by atoms with E-state index >= 15 is 0 Å². The third-order valence-corrected chi connectivity index (χ3v) is 2.93. The van der Waals surface area contributed by atoms with Crippen molar-refractivity contribution in [1.29, 1.82) is 0 Å². The maximum Gasteiger partial charge on any atom is 0.316 e. The number of rotatable bonds is 4. The van der Waals surface area contributed by atoms with E-state index in [9.17, 15) is 9.59 Å². The number of aromatic nitrogens is 1. The number of nitrogens with one attached hydrogen (secondary N) is 2. The van der Waals surface area contributed by atoms with E-state index in [0.717, 1.165) is 5.56 Å². The Morgan fingerprint density at radius 3 is 2.43 bits per heavy atom. The van der Waals surface area contributed by atoms with Crippen LogP contribution in [0.3, 0.4) is 0 Å². The molecule has 3 amide bonds. The molecule has 0 aliphatic heterocycles. The third-order valence-electron chi connectivity index (χ3n) is 2.93. The average Bonchev–Trinajstić information content (AvgIpc) is 2.76. The lowest BCUT2D eigenvalue weighted by Crippen LogP contribution is -2.24. The molecule has 0 radical (unpaired) electrons. The van der Waals surface area contributed by atoms with Gasteiger partial charge >= 0.3 is 6.03 Å². The summed E-state index contributed by atoms with van der Waals surface area (Å²) < 4.78 is 4.96. The normalized spacial score (nSPS) is 10.2. The van der Waals surface area contributed by atoms with Crippen LogP contribution in [0.1, 0.15) is 27.4 Å². The van der Waals surface area contributed by atoms with Crippen LogP contribution < -0.4 is 16.4 Å². The van der Waals surface area contributed by atoms with E-state index in [2.05, 4.69) is 15.8 Å². The van der Waals surface area contributed by atoms with Gasteiger partial charge in [-0.3, -0.25) is 4.79 Å². The lowest BCUT2D eigenvalue weighted by atomic mass is 10.1. The molecule has 7 heteroatoms. The summed E-state index contributed by atoms with van der Waals surface area (Å²) in [5, 5.41) is 9.00. The first-order valence-corrected chi connectivity index (χ1v) is 6.34. The van der Waals surface area contributed by atoms with Crippen LogP contribution >= 0.6 is 0 Å². The minimum Gasteiger partial charge on any atom is -0.361 e. The topological polar surface area (TPSA) is 110 Å². The van der Waals surface area contributed by atoms with Crippen molar-refractivity contribution in [2.24, 2.45) is 5.73 Å².